The zero-order chi connectivity index (χ0) is 29.1. The number of benzene rings is 4. The summed E-state index contributed by atoms with van der Waals surface area (Å²) in [6, 6.07) is 3.13. The van der Waals surface area contributed by atoms with Crippen LogP contribution in [0.3, 0.4) is 0 Å². The molecule has 0 saturated carbocycles. The van der Waals surface area contributed by atoms with E-state index in [4.69, 9.17) is 0 Å². The fourth-order valence-corrected chi connectivity index (χ4v) is 5.55. The molecule has 0 saturated heterocycles. The number of rotatable bonds is 6. The third-order valence-corrected chi connectivity index (χ3v) is 7.31. The summed E-state index contributed by atoms with van der Waals surface area (Å²) in [5.41, 5.74) is 0.509. The van der Waals surface area contributed by atoms with E-state index in [0.717, 1.165) is 0 Å². The number of aromatic hydroxyl groups is 6. The highest BCUT2D eigenvalue weighted by atomic mass is 16.3. The van der Waals surface area contributed by atoms with Gasteiger partial charge in [0.1, 0.15) is 17.8 Å². The number of aryl methyl sites for hydroxylation is 2. The van der Waals surface area contributed by atoms with Gasteiger partial charge in [-0.2, -0.15) is 0 Å². The summed E-state index contributed by atoms with van der Waals surface area (Å²) in [5, 5.41) is 65.8. The number of phenols is 6. The minimum absolute atomic E-state index is 0.0118. The highest BCUT2D eigenvalue weighted by Gasteiger charge is 2.30. The molecule has 9 heteroatoms. The highest BCUT2D eigenvalue weighted by molar-refractivity contribution is 6.14. The molecule has 39 heavy (non-hydrogen) atoms. The quantitative estimate of drug-likeness (QED) is 0.137. The molecule has 0 spiro atoms. The third kappa shape index (κ3) is 3.72. The van der Waals surface area contributed by atoms with Crippen LogP contribution in [0.15, 0.2) is 12.1 Å². The van der Waals surface area contributed by atoms with Gasteiger partial charge in [-0.25, -0.2) is 0 Å². The highest BCUT2D eigenvalue weighted by Crippen LogP contribution is 2.54. The Balaban J connectivity index is 2.27. The van der Waals surface area contributed by atoms with Crippen LogP contribution in [0.4, 0.5) is 0 Å². The Bertz CT molecular complexity index is 1730. The molecule has 0 aliphatic heterocycles. The number of carbonyl (C=O) groups is 3. The average Bonchev–Trinajstić information content (AvgIpc) is 2.87. The molecule has 202 valence electrons. The van der Waals surface area contributed by atoms with Gasteiger partial charge >= 0.3 is 0 Å². The van der Waals surface area contributed by atoms with E-state index in [9.17, 15) is 45.0 Å². The lowest BCUT2D eigenvalue weighted by Crippen LogP contribution is -2.02. The molecular formula is C30H28O9. The smallest absolute Gasteiger partial charge is 0.169 e. The minimum Gasteiger partial charge on any atom is -0.507 e. The summed E-state index contributed by atoms with van der Waals surface area (Å²) in [7, 11) is 0. The van der Waals surface area contributed by atoms with E-state index in [0.29, 0.717) is 34.6 Å². The van der Waals surface area contributed by atoms with E-state index < -0.39 is 46.0 Å². The molecule has 0 aliphatic rings. The van der Waals surface area contributed by atoms with Gasteiger partial charge in [-0.05, 0) is 41.7 Å². The molecular weight excluding hydrogens is 504 g/mol. The second kappa shape index (κ2) is 9.50. The molecule has 4 aromatic carbocycles. The first kappa shape index (κ1) is 27.3. The molecule has 0 bridgehead atoms. The van der Waals surface area contributed by atoms with Gasteiger partial charge in [-0.1, -0.05) is 32.9 Å². The fraction of sp³-hybridized carbons (Fsp3) is 0.233. The SMILES string of the molecule is Cc1cc2c(C(C)C)c(O)c(O)c(C=O)c2c(O)c1-c1c(C)cc2c(C(C)C=O)c(O)c(O)c(C=O)c2c1O. The second-order valence-electron chi connectivity index (χ2n) is 10.0. The third-order valence-electron chi connectivity index (χ3n) is 7.31. The monoisotopic (exact) mass is 532 g/mol. The summed E-state index contributed by atoms with van der Waals surface area (Å²) in [6.07, 6.45) is 1.12. The largest absolute Gasteiger partial charge is 0.507 e. The van der Waals surface area contributed by atoms with Crippen molar-refractivity contribution in [3.8, 4) is 45.6 Å². The number of aldehydes is 3. The van der Waals surface area contributed by atoms with Crippen molar-refractivity contribution in [1.82, 2.24) is 0 Å². The zero-order valence-electron chi connectivity index (χ0n) is 21.9. The molecule has 4 aromatic rings. The lowest BCUT2D eigenvalue weighted by atomic mass is 9.83. The summed E-state index contributed by atoms with van der Waals surface area (Å²) in [6.45, 7) is 8.27. The van der Waals surface area contributed by atoms with Crippen molar-refractivity contribution in [3.05, 3.63) is 45.5 Å². The number of fused-ring (bicyclic) bond motifs is 2. The lowest BCUT2D eigenvalue weighted by Gasteiger charge is -2.23. The topological polar surface area (TPSA) is 173 Å². The molecule has 1 unspecified atom stereocenters. The molecule has 6 N–H and O–H groups in total. The zero-order valence-corrected chi connectivity index (χ0v) is 21.9. The Labute approximate surface area is 223 Å². The van der Waals surface area contributed by atoms with Gasteiger partial charge in [0.25, 0.3) is 0 Å². The molecule has 0 heterocycles. The van der Waals surface area contributed by atoms with Crippen LogP contribution in [0.5, 0.6) is 34.5 Å². The predicted molar refractivity (Wildman–Crippen MR) is 146 cm³/mol. The van der Waals surface area contributed by atoms with E-state index >= 15 is 0 Å². The lowest BCUT2D eigenvalue weighted by molar-refractivity contribution is -0.108. The Kier molecular flexibility index (Phi) is 6.64. The van der Waals surface area contributed by atoms with Gasteiger partial charge in [0, 0.05) is 38.9 Å². The maximum absolute atomic E-state index is 12.0. The van der Waals surface area contributed by atoms with Crippen LogP contribution in [0.2, 0.25) is 0 Å². The molecule has 1 atom stereocenters. The van der Waals surface area contributed by atoms with Crippen LogP contribution < -0.4 is 0 Å². The van der Waals surface area contributed by atoms with E-state index in [1.54, 1.807) is 33.8 Å². The van der Waals surface area contributed by atoms with E-state index in [1.807, 2.05) is 0 Å². The maximum atomic E-state index is 12.0. The summed E-state index contributed by atoms with van der Waals surface area (Å²) >= 11 is 0. The number of hydrogen-bond acceptors (Lipinski definition) is 9. The van der Waals surface area contributed by atoms with Gasteiger partial charge < -0.3 is 35.4 Å². The van der Waals surface area contributed by atoms with Crippen molar-refractivity contribution >= 4 is 40.4 Å². The summed E-state index contributed by atoms with van der Waals surface area (Å²) in [4.78, 5) is 35.6. The van der Waals surface area contributed by atoms with E-state index in [1.165, 1.54) is 13.0 Å². The maximum Gasteiger partial charge on any atom is 0.169 e. The van der Waals surface area contributed by atoms with Gasteiger partial charge in [0.05, 0.1) is 11.1 Å². The van der Waals surface area contributed by atoms with Crippen LogP contribution in [0, 0.1) is 13.8 Å². The standard InChI is InChI=1S/C30H28O9/c1-11(2)19-15-6-12(3)21(27(36)23(15)17(9-32)25(34)29(19)38)22-13(4)7-16-20(14(5)8-31)30(39)26(35)18(10-33)24(16)28(22)37/h6-11,14,34-39H,1-5H3. The Morgan fingerprint density at radius 1 is 0.590 bits per heavy atom. The van der Waals surface area contributed by atoms with E-state index in [2.05, 4.69) is 0 Å². The number of carbonyl (C=O) groups excluding carboxylic acids is 3. The van der Waals surface area contributed by atoms with Crippen molar-refractivity contribution in [3.63, 3.8) is 0 Å². The Morgan fingerprint density at radius 3 is 1.33 bits per heavy atom. The van der Waals surface area contributed by atoms with Gasteiger partial charge in [0.2, 0.25) is 0 Å². The van der Waals surface area contributed by atoms with Gasteiger partial charge in [-0.15, -0.1) is 0 Å². The van der Waals surface area contributed by atoms with Gasteiger partial charge in [-0.3, -0.25) is 9.59 Å². The minimum atomic E-state index is -0.903. The molecule has 0 aromatic heterocycles. The van der Waals surface area contributed by atoms with Crippen LogP contribution in [-0.2, 0) is 4.79 Å². The van der Waals surface area contributed by atoms with E-state index in [-0.39, 0.29) is 50.6 Å². The van der Waals surface area contributed by atoms with Crippen molar-refractivity contribution in [2.45, 2.75) is 46.5 Å². The summed E-state index contributed by atoms with van der Waals surface area (Å²) < 4.78 is 0. The fourth-order valence-electron chi connectivity index (χ4n) is 5.55. The first-order chi connectivity index (χ1) is 18.3. The Morgan fingerprint density at radius 2 is 0.974 bits per heavy atom. The molecule has 4 rings (SSSR count). The Hall–Kier alpha value is -4.79. The van der Waals surface area contributed by atoms with Crippen molar-refractivity contribution < 1.29 is 45.0 Å². The van der Waals surface area contributed by atoms with Crippen LogP contribution in [-0.4, -0.2) is 49.5 Å². The molecule has 0 radical (unpaired) electrons. The molecule has 0 fully saturated rings. The predicted octanol–water partition coefficient (Wildman–Crippen LogP) is 5.56. The van der Waals surface area contributed by atoms with Gasteiger partial charge in [0.15, 0.2) is 35.6 Å². The van der Waals surface area contributed by atoms with Crippen LogP contribution in [0.1, 0.15) is 75.6 Å². The van der Waals surface area contributed by atoms with Crippen LogP contribution in [0.25, 0.3) is 32.7 Å². The van der Waals surface area contributed by atoms with Crippen molar-refractivity contribution in [2.24, 2.45) is 0 Å². The first-order valence-electron chi connectivity index (χ1n) is 12.2. The molecule has 0 amide bonds. The normalized spacial score (nSPS) is 12.3. The molecule has 0 aliphatic carbocycles. The first-order valence-corrected chi connectivity index (χ1v) is 12.2. The van der Waals surface area contributed by atoms with Crippen molar-refractivity contribution in [1.29, 1.82) is 0 Å². The van der Waals surface area contributed by atoms with Crippen LogP contribution >= 0.6 is 0 Å². The average molecular weight is 533 g/mol. The summed E-state index contributed by atoms with van der Waals surface area (Å²) in [5.74, 6) is -4.81. The number of phenolic OH excluding ortho intramolecular Hbond substituents is 6. The molecule has 9 nitrogen and oxygen atoms in total. The number of hydrogen-bond donors (Lipinski definition) is 6. The second-order valence-corrected chi connectivity index (χ2v) is 10.0. The van der Waals surface area contributed by atoms with Crippen molar-refractivity contribution in [2.75, 3.05) is 0 Å².